The highest BCUT2D eigenvalue weighted by Gasteiger charge is 2.35. The van der Waals surface area contributed by atoms with Gasteiger partial charge in [0.2, 0.25) is 0 Å². The summed E-state index contributed by atoms with van der Waals surface area (Å²) in [4.78, 5) is 39.6. The monoisotopic (exact) mass is 523 g/mol. The van der Waals surface area contributed by atoms with Crippen LogP contribution in [-0.4, -0.2) is 48.5 Å². The first-order chi connectivity index (χ1) is 18.4. The molecule has 7 nitrogen and oxygen atoms in total. The lowest BCUT2D eigenvalue weighted by Gasteiger charge is -2.23. The smallest absolute Gasteiger partial charge is 0.343 e. The van der Waals surface area contributed by atoms with Crippen molar-refractivity contribution in [2.45, 2.75) is 78.2 Å². The van der Waals surface area contributed by atoms with Crippen LogP contribution in [0.2, 0.25) is 0 Å². The average molecular weight is 524 g/mol. The molecule has 0 N–H and O–H groups in total. The zero-order valence-corrected chi connectivity index (χ0v) is 22.9. The van der Waals surface area contributed by atoms with Gasteiger partial charge in [-0.3, -0.25) is 4.79 Å². The number of nitrogens with zero attached hydrogens (tertiary/aromatic N) is 1. The molecule has 0 aliphatic carbocycles. The standard InChI is InChI=1S/C31H41NO6/c1-4-5-6-7-8-9-21-36-26-16-14-25(15-17-26)30(34)38-27-18-12-24(13-19-27)29(33)32-20-10-11-28(32)31(35)37-22-23(2)3/h12-19,23,28H,4-11,20-22H2,1-3H3/t28-/m0/s1. The van der Waals surface area contributed by atoms with E-state index in [1.165, 1.54) is 25.7 Å². The van der Waals surface area contributed by atoms with Crippen molar-refractivity contribution in [2.24, 2.45) is 5.92 Å². The number of esters is 2. The van der Waals surface area contributed by atoms with Gasteiger partial charge in [-0.1, -0.05) is 52.9 Å². The van der Waals surface area contributed by atoms with Crippen molar-refractivity contribution in [3.63, 3.8) is 0 Å². The first-order valence-corrected chi connectivity index (χ1v) is 13.9. The first-order valence-electron chi connectivity index (χ1n) is 13.9. The van der Waals surface area contributed by atoms with Crippen LogP contribution in [-0.2, 0) is 9.53 Å². The van der Waals surface area contributed by atoms with Crippen molar-refractivity contribution in [3.05, 3.63) is 59.7 Å². The van der Waals surface area contributed by atoms with Gasteiger partial charge in [-0.15, -0.1) is 0 Å². The van der Waals surface area contributed by atoms with Crippen LogP contribution in [0.5, 0.6) is 11.5 Å². The van der Waals surface area contributed by atoms with Gasteiger partial charge in [0.15, 0.2) is 0 Å². The fraction of sp³-hybridized carbons (Fsp3) is 0.516. The summed E-state index contributed by atoms with van der Waals surface area (Å²) in [6.45, 7) is 7.67. The largest absolute Gasteiger partial charge is 0.494 e. The van der Waals surface area contributed by atoms with E-state index in [0.29, 0.717) is 43.1 Å². The number of hydrogen-bond donors (Lipinski definition) is 0. The average Bonchev–Trinajstić information content (AvgIpc) is 3.42. The molecule has 206 valence electrons. The van der Waals surface area contributed by atoms with Gasteiger partial charge in [-0.2, -0.15) is 0 Å². The number of carbonyl (C=O) groups excluding carboxylic acids is 3. The number of carbonyl (C=O) groups is 3. The Kier molecular flexibility index (Phi) is 11.7. The van der Waals surface area contributed by atoms with Crippen molar-refractivity contribution >= 4 is 17.8 Å². The zero-order valence-electron chi connectivity index (χ0n) is 22.9. The summed E-state index contributed by atoms with van der Waals surface area (Å²) in [5.41, 5.74) is 0.845. The summed E-state index contributed by atoms with van der Waals surface area (Å²) in [5.74, 6) is 0.230. The Bertz CT molecular complexity index is 1030. The second kappa shape index (κ2) is 15.2. The molecule has 1 heterocycles. The molecule has 0 saturated carbocycles. The Hall–Kier alpha value is -3.35. The van der Waals surface area contributed by atoms with E-state index in [0.717, 1.165) is 25.0 Å². The molecule has 3 rings (SSSR count). The molecule has 1 aliphatic rings. The van der Waals surface area contributed by atoms with E-state index in [2.05, 4.69) is 6.92 Å². The predicted octanol–water partition coefficient (Wildman–Crippen LogP) is 6.45. The lowest BCUT2D eigenvalue weighted by Crippen LogP contribution is -2.41. The number of unbranched alkanes of at least 4 members (excludes halogenated alkanes) is 5. The maximum atomic E-state index is 13.0. The number of ether oxygens (including phenoxy) is 3. The van der Waals surface area contributed by atoms with E-state index in [9.17, 15) is 14.4 Å². The van der Waals surface area contributed by atoms with Crippen molar-refractivity contribution in [2.75, 3.05) is 19.8 Å². The predicted molar refractivity (Wildman–Crippen MR) is 147 cm³/mol. The number of rotatable bonds is 14. The highest BCUT2D eigenvalue weighted by molar-refractivity contribution is 5.97. The molecule has 0 aromatic heterocycles. The summed E-state index contributed by atoms with van der Waals surface area (Å²) in [7, 11) is 0. The number of likely N-dealkylation sites (tertiary alicyclic amines) is 1. The Morgan fingerprint density at radius 1 is 0.868 bits per heavy atom. The Labute approximate surface area is 226 Å². The van der Waals surface area contributed by atoms with E-state index in [1.807, 2.05) is 13.8 Å². The van der Waals surface area contributed by atoms with Gasteiger partial charge in [0.25, 0.3) is 5.91 Å². The zero-order chi connectivity index (χ0) is 27.3. The maximum absolute atomic E-state index is 13.0. The second-order valence-corrected chi connectivity index (χ2v) is 10.2. The Morgan fingerprint density at radius 3 is 2.18 bits per heavy atom. The number of amides is 1. The van der Waals surface area contributed by atoms with Crippen molar-refractivity contribution in [3.8, 4) is 11.5 Å². The SMILES string of the molecule is CCCCCCCCOc1ccc(C(=O)Oc2ccc(C(=O)N3CCC[C@H]3C(=O)OCC(C)C)cc2)cc1. The normalized spacial score (nSPS) is 14.9. The van der Waals surface area contributed by atoms with Gasteiger partial charge in [0.1, 0.15) is 17.5 Å². The van der Waals surface area contributed by atoms with E-state index in [4.69, 9.17) is 14.2 Å². The second-order valence-electron chi connectivity index (χ2n) is 10.2. The fourth-order valence-electron chi connectivity index (χ4n) is 4.36. The summed E-state index contributed by atoms with van der Waals surface area (Å²) in [6, 6.07) is 12.7. The van der Waals surface area contributed by atoms with Crippen molar-refractivity contribution in [1.29, 1.82) is 0 Å². The molecule has 2 aromatic rings. The number of benzene rings is 2. The maximum Gasteiger partial charge on any atom is 0.343 e. The van der Waals surface area contributed by atoms with Crippen LogP contribution in [0.15, 0.2) is 48.5 Å². The van der Waals surface area contributed by atoms with Crippen LogP contribution in [0.3, 0.4) is 0 Å². The highest BCUT2D eigenvalue weighted by atomic mass is 16.5. The third kappa shape index (κ3) is 8.89. The molecule has 1 atom stereocenters. The van der Waals surface area contributed by atoms with Gasteiger partial charge < -0.3 is 19.1 Å². The van der Waals surface area contributed by atoms with Crippen LogP contribution in [0.1, 0.15) is 92.9 Å². The van der Waals surface area contributed by atoms with E-state index in [1.54, 1.807) is 53.4 Å². The molecule has 1 amide bonds. The molecule has 1 saturated heterocycles. The molecule has 2 aromatic carbocycles. The van der Waals surface area contributed by atoms with Crippen LogP contribution < -0.4 is 9.47 Å². The molecule has 0 radical (unpaired) electrons. The van der Waals surface area contributed by atoms with Gasteiger partial charge in [0, 0.05) is 12.1 Å². The number of hydrogen-bond acceptors (Lipinski definition) is 6. The minimum atomic E-state index is -0.559. The molecule has 7 heteroatoms. The minimum absolute atomic E-state index is 0.233. The Balaban J connectivity index is 1.47. The third-order valence-corrected chi connectivity index (χ3v) is 6.51. The van der Waals surface area contributed by atoms with Gasteiger partial charge in [0.05, 0.1) is 18.8 Å². The molecular formula is C31H41NO6. The fourth-order valence-corrected chi connectivity index (χ4v) is 4.36. The van der Waals surface area contributed by atoms with Crippen LogP contribution in [0.4, 0.5) is 0 Å². The third-order valence-electron chi connectivity index (χ3n) is 6.51. The van der Waals surface area contributed by atoms with Crippen molar-refractivity contribution < 1.29 is 28.6 Å². The first kappa shape index (κ1) is 29.2. The van der Waals surface area contributed by atoms with Gasteiger partial charge in [-0.05, 0) is 73.7 Å². The molecule has 38 heavy (non-hydrogen) atoms. The van der Waals surface area contributed by atoms with Crippen LogP contribution in [0, 0.1) is 5.92 Å². The molecular weight excluding hydrogens is 482 g/mol. The summed E-state index contributed by atoms with van der Waals surface area (Å²) >= 11 is 0. The lowest BCUT2D eigenvalue weighted by atomic mass is 10.1. The summed E-state index contributed by atoms with van der Waals surface area (Å²) < 4.78 is 16.6. The van der Waals surface area contributed by atoms with E-state index < -0.39 is 12.0 Å². The topological polar surface area (TPSA) is 82.1 Å². The van der Waals surface area contributed by atoms with Crippen LogP contribution >= 0.6 is 0 Å². The van der Waals surface area contributed by atoms with Crippen LogP contribution in [0.25, 0.3) is 0 Å². The molecule has 0 unspecified atom stereocenters. The molecule has 0 spiro atoms. The van der Waals surface area contributed by atoms with Gasteiger partial charge >= 0.3 is 11.9 Å². The minimum Gasteiger partial charge on any atom is -0.494 e. The van der Waals surface area contributed by atoms with Crippen molar-refractivity contribution in [1.82, 2.24) is 4.90 Å². The Morgan fingerprint density at radius 2 is 1.50 bits per heavy atom. The summed E-state index contributed by atoms with van der Waals surface area (Å²) in [5, 5.41) is 0. The quantitative estimate of drug-likeness (QED) is 0.161. The highest BCUT2D eigenvalue weighted by Crippen LogP contribution is 2.23. The summed E-state index contributed by atoms with van der Waals surface area (Å²) in [6.07, 6.45) is 8.59. The van der Waals surface area contributed by atoms with Gasteiger partial charge in [-0.25, -0.2) is 9.59 Å². The molecule has 0 bridgehead atoms. The molecule has 1 fully saturated rings. The lowest BCUT2D eigenvalue weighted by molar-refractivity contribution is -0.149. The van der Waals surface area contributed by atoms with E-state index >= 15 is 0 Å². The van der Waals surface area contributed by atoms with E-state index in [-0.39, 0.29) is 17.8 Å². The molecule has 1 aliphatic heterocycles.